The van der Waals surface area contributed by atoms with E-state index in [4.69, 9.17) is 20.9 Å². The molecule has 14 nitrogen and oxygen atoms in total. The molecule has 4 aromatic rings. The number of nitrogens with zero attached hydrogens (tertiary/aromatic N) is 4. The van der Waals surface area contributed by atoms with Crippen LogP contribution in [0.4, 0.5) is 32.3 Å². The Hall–Kier alpha value is -5.49. The van der Waals surface area contributed by atoms with Gasteiger partial charge in [-0.15, -0.1) is 0 Å². The number of nitrogen functional groups attached to an aromatic ring is 2. The third-order valence-electron chi connectivity index (χ3n) is 7.05. The molecule has 0 spiro atoms. The molecule has 0 saturated carbocycles. The molecule has 4 N–H and O–H groups in total. The van der Waals surface area contributed by atoms with E-state index in [0.29, 0.717) is 35.6 Å². The SMILES string of the molecule is CC(C)(C)OC(=O)N(Cc1ccc(N)cc1)Cc1ccc(N)cc1.CC(C)(C)OC(=O)N(Cc1ccc([N+](=O)[O-])cc1)Cc1ccc([N+](=O)[O-])cc1.[CH3-].[Pt]. The van der Waals surface area contributed by atoms with Crippen molar-refractivity contribution in [2.24, 2.45) is 0 Å². The van der Waals surface area contributed by atoms with Crippen molar-refractivity contribution in [3.05, 3.63) is 147 Å². The molecule has 0 radical (unpaired) electrons. The van der Waals surface area contributed by atoms with Crippen molar-refractivity contribution in [1.29, 1.82) is 0 Å². The maximum Gasteiger partial charge on any atom is 0.410 e. The van der Waals surface area contributed by atoms with E-state index in [9.17, 15) is 29.8 Å². The Bertz CT molecular complexity index is 1700. The van der Waals surface area contributed by atoms with Gasteiger partial charge in [-0.05, 0) is 88.1 Å². The molecule has 0 aliphatic carbocycles. The van der Waals surface area contributed by atoms with E-state index in [-0.39, 0.29) is 59.0 Å². The van der Waals surface area contributed by atoms with Gasteiger partial charge in [-0.2, -0.15) is 0 Å². The summed E-state index contributed by atoms with van der Waals surface area (Å²) < 4.78 is 11.0. The minimum atomic E-state index is -0.694. The summed E-state index contributed by atoms with van der Waals surface area (Å²) in [6.45, 7) is 12.1. The smallest absolute Gasteiger partial charge is 0.410 e. The van der Waals surface area contributed by atoms with Crippen molar-refractivity contribution < 1.29 is 50.0 Å². The van der Waals surface area contributed by atoms with E-state index < -0.39 is 27.1 Å². The first-order valence-corrected chi connectivity index (χ1v) is 16.4. The number of carbonyl (C=O) groups is 2. The van der Waals surface area contributed by atoms with Gasteiger partial charge in [-0.1, -0.05) is 48.5 Å². The summed E-state index contributed by atoms with van der Waals surface area (Å²) in [4.78, 5) is 48.9. The number of non-ortho nitro benzene ring substituents is 2. The topological polar surface area (TPSA) is 197 Å². The Morgan fingerprint density at radius 3 is 0.963 bits per heavy atom. The summed E-state index contributed by atoms with van der Waals surface area (Å²) in [6.07, 6.45) is -0.902. The first kappa shape index (κ1) is 46.5. The van der Waals surface area contributed by atoms with Crippen LogP contribution in [0.15, 0.2) is 97.1 Å². The predicted molar refractivity (Wildman–Crippen MR) is 205 cm³/mol. The number of nitrogens with two attached hydrogens (primary N) is 2. The number of carbonyl (C=O) groups excluding carboxylic acids is 2. The number of hydrogen-bond donors (Lipinski definition) is 2. The fourth-order valence-electron chi connectivity index (χ4n) is 4.60. The first-order chi connectivity index (χ1) is 24.3. The second-order valence-corrected chi connectivity index (χ2v) is 14.0. The number of rotatable bonds is 10. The molecule has 4 rings (SSSR count). The summed E-state index contributed by atoms with van der Waals surface area (Å²) in [5.41, 5.74) is 14.9. The van der Waals surface area contributed by atoms with Crippen LogP contribution < -0.4 is 11.5 Å². The summed E-state index contributed by atoms with van der Waals surface area (Å²) in [6, 6.07) is 26.7. The van der Waals surface area contributed by atoms with Gasteiger partial charge in [0.1, 0.15) is 11.2 Å². The molecule has 0 bridgehead atoms. The third kappa shape index (κ3) is 16.5. The fraction of sp³-hybridized carbons (Fsp3) is 0.308. The van der Waals surface area contributed by atoms with Crippen molar-refractivity contribution in [2.75, 3.05) is 11.5 Å². The standard InChI is InChI=1S/C19H21N3O6.C19H25N3O2.CH3.Pt/c1-19(2,3)28-18(23)20(12-14-4-8-16(9-5-14)21(24)25)13-15-6-10-17(11-7-15)22(26)27;1-19(2,3)24-18(23)22(12-14-4-8-16(20)9-5-14)13-15-6-10-17(21)11-7-15;;/h4-11H,12-13H2,1-3H3;4-11H,12-13,20-21H2,1-3H3;1H3;/q;;-1;. The van der Waals surface area contributed by atoms with Crippen LogP contribution in [0.25, 0.3) is 0 Å². The average Bonchev–Trinajstić information content (AvgIpc) is 3.05. The van der Waals surface area contributed by atoms with E-state index in [1.807, 2.05) is 69.3 Å². The largest absolute Gasteiger partial charge is 0.444 e. The summed E-state index contributed by atoms with van der Waals surface area (Å²) in [5, 5.41) is 21.6. The number of nitro groups is 2. The monoisotopic (exact) mass is 924 g/mol. The molecule has 2 amide bonds. The molecule has 54 heavy (non-hydrogen) atoms. The van der Waals surface area contributed by atoms with Crippen LogP contribution in [-0.4, -0.2) is 43.0 Å². The molecular formula is C39H49N6O8Pt-. The van der Waals surface area contributed by atoms with Gasteiger partial charge < -0.3 is 28.4 Å². The van der Waals surface area contributed by atoms with Gasteiger partial charge in [0.25, 0.3) is 11.4 Å². The average molecular weight is 925 g/mol. The van der Waals surface area contributed by atoms with Crippen LogP contribution in [0.1, 0.15) is 63.8 Å². The Morgan fingerprint density at radius 1 is 0.537 bits per heavy atom. The van der Waals surface area contributed by atoms with Crippen LogP contribution >= 0.6 is 0 Å². The van der Waals surface area contributed by atoms with Gasteiger partial charge >= 0.3 is 12.2 Å². The van der Waals surface area contributed by atoms with Crippen LogP contribution in [0.3, 0.4) is 0 Å². The molecule has 15 heteroatoms. The van der Waals surface area contributed by atoms with Gasteiger partial charge in [0.15, 0.2) is 0 Å². The number of nitro benzene ring substituents is 2. The molecule has 294 valence electrons. The van der Waals surface area contributed by atoms with Gasteiger partial charge in [-0.25, -0.2) is 9.59 Å². The molecule has 0 fully saturated rings. The molecule has 4 aromatic carbocycles. The van der Waals surface area contributed by atoms with Crippen LogP contribution in [-0.2, 0) is 56.7 Å². The molecule has 0 atom stereocenters. The van der Waals surface area contributed by atoms with E-state index in [1.165, 1.54) is 29.2 Å². The summed E-state index contributed by atoms with van der Waals surface area (Å²) >= 11 is 0. The Morgan fingerprint density at radius 2 is 0.759 bits per heavy atom. The fourth-order valence-corrected chi connectivity index (χ4v) is 4.60. The minimum Gasteiger partial charge on any atom is -0.444 e. The van der Waals surface area contributed by atoms with Gasteiger partial charge in [0.05, 0.1) is 9.85 Å². The predicted octanol–water partition coefficient (Wildman–Crippen LogP) is 8.68. The van der Waals surface area contributed by atoms with E-state index in [2.05, 4.69) is 0 Å². The molecular weight excluding hydrogens is 876 g/mol. The molecule has 0 aliphatic heterocycles. The normalized spacial score (nSPS) is 10.6. The van der Waals surface area contributed by atoms with Gasteiger partial charge in [-0.3, -0.25) is 30.0 Å². The number of benzene rings is 4. The Kier molecular flexibility index (Phi) is 17.8. The van der Waals surface area contributed by atoms with Crippen molar-refractivity contribution in [3.63, 3.8) is 0 Å². The van der Waals surface area contributed by atoms with Crippen LogP contribution in [0.2, 0.25) is 0 Å². The third-order valence-corrected chi connectivity index (χ3v) is 7.05. The zero-order valence-electron chi connectivity index (χ0n) is 31.6. The summed E-state index contributed by atoms with van der Waals surface area (Å²) in [5.74, 6) is 0. The maximum atomic E-state index is 12.6. The Labute approximate surface area is 331 Å². The zero-order valence-corrected chi connectivity index (χ0v) is 33.9. The number of ether oxygens (including phenoxy) is 2. The van der Waals surface area contributed by atoms with E-state index >= 15 is 0 Å². The molecule has 0 saturated heterocycles. The quantitative estimate of drug-likeness (QED) is 0.0672. The van der Waals surface area contributed by atoms with Crippen molar-refractivity contribution >= 4 is 34.9 Å². The second-order valence-electron chi connectivity index (χ2n) is 14.0. The van der Waals surface area contributed by atoms with Crippen molar-refractivity contribution in [3.8, 4) is 0 Å². The number of hydrogen-bond acceptors (Lipinski definition) is 10. The summed E-state index contributed by atoms with van der Waals surface area (Å²) in [7, 11) is 0. The zero-order chi connectivity index (χ0) is 38.6. The maximum absolute atomic E-state index is 12.6. The van der Waals surface area contributed by atoms with E-state index in [1.54, 1.807) is 49.9 Å². The minimum absolute atomic E-state index is 0. The van der Waals surface area contributed by atoms with Gasteiger partial charge in [0, 0.05) is 82.9 Å². The number of anilines is 2. The van der Waals surface area contributed by atoms with Crippen molar-refractivity contribution in [2.45, 2.75) is 78.9 Å². The Balaban J connectivity index is 0.000000526. The molecule has 0 heterocycles. The molecule has 0 aliphatic rings. The number of amides is 2. The molecule has 0 aromatic heterocycles. The van der Waals surface area contributed by atoms with Gasteiger partial charge in [0.2, 0.25) is 0 Å². The van der Waals surface area contributed by atoms with E-state index in [0.717, 1.165) is 11.1 Å². The first-order valence-electron chi connectivity index (χ1n) is 16.4. The molecule has 0 unspecified atom stereocenters. The van der Waals surface area contributed by atoms with Crippen molar-refractivity contribution in [1.82, 2.24) is 9.80 Å². The van der Waals surface area contributed by atoms with Crippen LogP contribution in [0, 0.1) is 27.7 Å². The second kappa shape index (κ2) is 20.7. The van der Waals surface area contributed by atoms with Crippen LogP contribution in [0.5, 0.6) is 0 Å².